The number of hydrogen-bond acceptors (Lipinski definition) is 4. The lowest BCUT2D eigenvalue weighted by molar-refractivity contribution is 0.0746. The number of nitrogens with one attached hydrogen (secondary N) is 1. The maximum Gasteiger partial charge on any atom is 0.255 e. The average molecular weight is 356 g/mol. The van der Waals surface area contributed by atoms with Crippen LogP contribution < -0.4 is 10.2 Å². The van der Waals surface area contributed by atoms with Gasteiger partial charge in [-0.2, -0.15) is 0 Å². The number of amides is 1. The van der Waals surface area contributed by atoms with Gasteiger partial charge in [0.15, 0.2) is 0 Å². The molecule has 5 nitrogen and oxygen atoms in total. The highest BCUT2D eigenvalue weighted by Gasteiger charge is 2.22. The molecule has 0 atom stereocenters. The van der Waals surface area contributed by atoms with Gasteiger partial charge in [-0.1, -0.05) is 0 Å². The summed E-state index contributed by atoms with van der Waals surface area (Å²) in [6, 6.07) is 10.1. The Morgan fingerprint density at radius 2 is 1.69 bits per heavy atom. The summed E-state index contributed by atoms with van der Waals surface area (Å²) in [7, 11) is 0. The molecule has 3 rings (SSSR count). The Kier molecular flexibility index (Phi) is 5.11. The number of carbonyl (C=O) groups excluding carboxylic acids is 1. The van der Waals surface area contributed by atoms with Crippen molar-refractivity contribution in [2.24, 2.45) is 0 Å². The molecule has 1 aliphatic rings. The van der Waals surface area contributed by atoms with Crippen molar-refractivity contribution in [1.29, 1.82) is 0 Å². The smallest absolute Gasteiger partial charge is 0.255 e. The summed E-state index contributed by atoms with van der Waals surface area (Å²) in [4.78, 5) is 21.0. The van der Waals surface area contributed by atoms with Crippen LogP contribution in [0.1, 0.15) is 31.1 Å². The van der Waals surface area contributed by atoms with E-state index in [-0.39, 0.29) is 17.3 Å². The summed E-state index contributed by atoms with van der Waals surface area (Å²) in [6.45, 7) is 8.93. The number of piperazine rings is 1. The maximum absolute atomic E-state index is 13.0. The van der Waals surface area contributed by atoms with E-state index in [4.69, 9.17) is 0 Å². The lowest BCUT2D eigenvalue weighted by Gasteiger charge is -2.36. The lowest BCUT2D eigenvalue weighted by Crippen LogP contribution is -2.48. The fourth-order valence-corrected chi connectivity index (χ4v) is 2.98. The van der Waals surface area contributed by atoms with Crippen LogP contribution >= 0.6 is 0 Å². The minimum Gasteiger partial charge on any atom is -0.368 e. The first-order valence-corrected chi connectivity index (χ1v) is 8.86. The number of nitrogens with zero attached hydrogens (tertiary/aromatic N) is 3. The first-order valence-electron chi connectivity index (χ1n) is 8.86. The van der Waals surface area contributed by atoms with E-state index >= 15 is 0 Å². The van der Waals surface area contributed by atoms with Gasteiger partial charge in [-0.3, -0.25) is 4.79 Å². The van der Waals surface area contributed by atoms with Gasteiger partial charge in [0.25, 0.3) is 5.91 Å². The zero-order valence-electron chi connectivity index (χ0n) is 15.5. The number of aromatic nitrogens is 1. The number of carbonyl (C=O) groups is 1. The van der Waals surface area contributed by atoms with Crippen molar-refractivity contribution in [1.82, 2.24) is 9.88 Å². The van der Waals surface area contributed by atoms with Gasteiger partial charge < -0.3 is 15.1 Å². The molecule has 1 N–H and O–H groups in total. The lowest BCUT2D eigenvalue weighted by atomic mass is 10.1. The van der Waals surface area contributed by atoms with Crippen LogP contribution in [-0.4, -0.2) is 47.5 Å². The molecule has 1 aliphatic heterocycles. The second-order valence-corrected chi connectivity index (χ2v) is 7.56. The predicted octanol–water partition coefficient (Wildman–Crippen LogP) is 3.39. The molecule has 1 aromatic heterocycles. The first kappa shape index (κ1) is 18.2. The molecule has 1 fully saturated rings. The number of benzene rings is 1. The van der Waals surface area contributed by atoms with Gasteiger partial charge in [-0.25, -0.2) is 9.37 Å². The van der Waals surface area contributed by atoms with Crippen molar-refractivity contribution < 1.29 is 9.18 Å². The van der Waals surface area contributed by atoms with Gasteiger partial charge >= 0.3 is 0 Å². The molecule has 1 saturated heterocycles. The Morgan fingerprint density at radius 3 is 2.23 bits per heavy atom. The Morgan fingerprint density at radius 1 is 1.04 bits per heavy atom. The highest BCUT2D eigenvalue weighted by atomic mass is 19.1. The monoisotopic (exact) mass is 356 g/mol. The van der Waals surface area contributed by atoms with E-state index < -0.39 is 0 Å². The number of halogens is 1. The minimum absolute atomic E-state index is 0.00133. The van der Waals surface area contributed by atoms with Crippen LogP contribution in [0.2, 0.25) is 0 Å². The molecule has 0 radical (unpaired) electrons. The third kappa shape index (κ3) is 4.50. The summed E-state index contributed by atoms with van der Waals surface area (Å²) in [5.74, 6) is 0.521. The zero-order chi connectivity index (χ0) is 18.7. The molecule has 26 heavy (non-hydrogen) atoms. The van der Waals surface area contributed by atoms with Crippen LogP contribution in [0.3, 0.4) is 0 Å². The predicted molar refractivity (Wildman–Crippen MR) is 102 cm³/mol. The molecule has 0 spiro atoms. The fraction of sp³-hybridized carbons (Fsp3) is 0.400. The number of pyridine rings is 1. The van der Waals surface area contributed by atoms with Gasteiger partial charge in [0, 0.05) is 43.6 Å². The molecule has 1 amide bonds. The molecule has 0 unspecified atom stereocenters. The summed E-state index contributed by atoms with van der Waals surface area (Å²) in [5, 5.41) is 3.29. The van der Waals surface area contributed by atoms with E-state index in [1.807, 2.05) is 17.0 Å². The van der Waals surface area contributed by atoms with Gasteiger partial charge in [0.05, 0.1) is 5.56 Å². The molecule has 1 aromatic carbocycles. The molecular weight excluding hydrogens is 331 g/mol. The van der Waals surface area contributed by atoms with E-state index in [2.05, 4.69) is 36.0 Å². The van der Waals surface area contributed by atoms with Crippen LogP contribution in [0, 0.1) is 5.82 Å². The number of rotatable bonds is 3. The van der Waals surface area contributed by atoms with Crippen LogP contribution in [0.4, 0.5) is 15.9 Å². The van der Waals surface area contributed by atoms with Crippen molar-refractivity contribution in [3.63, 3.8) is 0 Å². The minimum atomic E-state index is -0.237. The van der Waals surface area contributed by atoms with Crippen LogP contribution in [0.15, 0.2) is 42.6 Å². The molecule has 0 saturated carbocycles. The van der Waals surface area contributed by atoms with Crippen LogP contribution in [0.25, 0.3) is 0 Å². The van der Waals surface area contributed by atoms with Crippen LogP contribution in [0.5, 0.6) is 0 Å². The van der Waals surface area contributed by atoms with Crippen molar-refractivity contribution in [3.8, 4) is 0 Å². The van der Waals surface area contributed by atoms with E-state index in [0.717, 1.165) is 24.6 Å². The fourth-order valence-electron chi connectivity index (χ4n) is 2.98. The summed E-state index contributed by atoms with van der Waals surface area (Å²) in [5.41, 5.74) is 1.51. The van der Waals surface area contributed by atoms with Crippen molar-refractivity contribution in [3.05, 3.63) is 54.0 Å². The van der Waals surface area contributed by atoms with Crippen LogP contribution in [-0.2, 0) is 0 Å². The van der Waals surface area contributed by atoms with Gasteiger partial charge in [-0.05, 0) is 57.2 Å². The van der Waals surface area contributed by atoms with E-state index in [9.17, 15) is 9.18 Å². The number of anilines is 2. The van der Waals surface area contributed by atoms with Crippen molar-refractivity contribution in [2.45, 2.75) is 26.3 Å². The molecule has 0 aliphatic carbocycles. The first-order chi connectivity index (χ1) is 12.3. The largest absolute Gasteiger partial charge is 0.368 e. The molecule has 0 bridgehead atoms. The Hall–Kier alpha value is -2.63. The average Bonchev–Trinajstić information content (AvgIpc) is 2.61. The number of hydrogen-bond donors (Lipinski definition) is 1. The third-order valence-electron chi connectivity index (χ3n) is 4.27. The van der Waals surface area contributed by atoms with Gasteiger partial charge in [0.1, 0.15) is 11.6 Å². The standard InChI is InChI=1S/C20H25FN4O/c1-20(2,3)23-18-9-4-15(14-22-18)19(26)25-12-10-24(11-13-25)17-7-5-16(21)6-8-17/h4-9,14H,10-13H2,1-3H3,(H,22,23). The second-order valence-electron chi connectivity index (χ2n) is 7.56. The molecular formula is C20H25FN4O. The normalized spacial score (nSPS) is 15.1. The molecule has 6 heteroatoms. The van der Waals surface area contributed by atoms with Gasteiger partial charge in [-0.15, -0.1) is 0 Å². The summed E-state index contributed by atoms with van der Waals surface area (Å²) in [6.07, 6.45) is 1.63. The van der Waals surface area contributed by atoms with Crippen molar-refractivity contribution >= 4 is 17.4 Å². The topological polar surface area (TPSA) is 48.5 Å². The SMILES string of the molecule is CC(C)(C)Nc1ccc(C(=O)N2CCN(c3ccc(F)cc3)CC2)cn1. The van der Waals surface area contributed by atoms with Crippen molar-refractivity contribution in [2.75, 3.05) is 36.4 Å². The Balaban J connectivity index is 1.59. The molecule has 2 aromatic rings. The molecule has 2 heterocycles. The van der Waals surface area contributed by atoms with E-state index in [0.29, 0.717) is 18.7 Å². The Labute approximate surface area is 153 Å². The Bertz CT molecular complexity index is 745. The maximum atomic E-state index is 13.0. The third-order valence-corrected chi connectivity index (χ3v) is 4.27. The van der Waals surface area contributed by atoms with Gasteiger partial charge in [0.2, 0.25) is 0 Å². The summed E-state index contributed by atoms with van der Waals surface area (Å²) < 4.78 is 13.0. The second kappa shape index (κ2) is 7.32. The highest BCUT2D eigenvalue weighted by Crippen LogP contribution is 2.18. The van der Waals surface area contributed by atoms with E-state index in [1.165, 1.54) is 12.1 Å². The van der Waals surface area contributed by atoms with E-state index in [1.54, 1.807) is 18.3 Å². The highest BCUT2D eigenvalue weighted by molar-refractivity contribution is 5.94. The zero-order valence-corrected chi connectivity index (χ0v) is 15.5. The quantitative estimate of drug-likeness (QED) is 0.916. The summed E-state index contributed by atoms with van der Waals surface area (Å²) >= 11 is 0. The molecule has 138 valence electrons.